The Kier molecular flexibility index (Phi) is 2.68. The van der Waals surface area contributed by atoms with E-state index in [4.69, 9.17) is 4.84 Å². The van der Waals surface area contributed by atoms with Gasteiger partial charge in [0.15, 0.2) is 0 Å². The topological polar surface area (TPSA) is 21.6 Å². The number of oxime groups is 1. The Hall–Kier alpha value is -0.530. The van der Waals surface area contributed by atoms with Crippen molar-refractivity contribution in [3.8, 4) is 0 Å². The second-order valence-electron chi connectivity index (χ2n) is 6.41. The van der Waals surface area contributed by atoms with E-state index in [1.807, 2.05) is 0 Å². The first kappa shape index (κ1) is 11.5. The molecule has 2 heteroatoms. The van der Waals surface area contributed by atoms with Crippen molar-refractivity contribution in [2.45, 2.75) is 54.6 Å². The van der Waals surface area contributed by atoms with Crippen LogP contribution in [0, 0.1) is 16.7 Å². The molecule has 1 aliphatic rings. The molecule has 0 saturated carbocycles. The lowest BCUT2D eigenvalue weighted by Crippen LogP contribution is -2.36. The van der Waals surface area contributed by atoms with Crippen molar-refractivity contribution in [2.24, 2.45) is 21.9 Å². The van der Waals surface area contributed by atoms with Crippen molar-refractivity contribution in [3.05, 3.63) is 0 Å². The summed E-state index contributed by atoms with van der Waals surface area (Å²) >= 11 is 0. The lowest BCUT2D eigenvalue weighted by atomic mass is 9.74. The summed E-state index contributed by atoms with van der Waals surface area (Å²) in [4.78, 5) is 5.56. The van der Waals surface area contributed by atoms with Crippen LogP contribution in [0.25, 0.3) is 0 Å². The molecule has 1 aliphatic heterocycles. The fourth-order valence-corrected chi connectivity index (χ4v) is 2.16. The fraction of sp³-hybridized carbons (Fsp3) is 0.917. The van der Waals surface area contributed by atoms with Gasteiger partial charge < -0.3 is 4.84 Å². The van der Waals surface area contributed by atoms with Gasteiger partial charge in [0.25, 0.3) is 0 Å². The van der Waals surface area contributed by atoms with E-state index in [1.54, 1.807) is 0 Å². The van der Waals surface area contributed by atoms with Crippen LogP contribution in [0.2, 0.25) is 0 Å². The summed E-state index contributed by atoms with van der Waals surface area (Å²) in [7, 11) is 0. The third-order valence-corrected chi connectivity index (χ3v) is 2.77. The number of nitrogens with zero attached hydrogens (tertiary/aromatic N) is 1. The van der Waals surface area contributed by atoms with Gasteiger partial charge in [-0.05, 0) is 0 Å². The van der Waals surface area contributed by atoms with Crippen molar-refractivity contribution >= 4 is 5.71 Å². The minimum Gasteiger partial charge on any atom is -0.391 e. The van der Waals surface area contributed by atoms with Crippen molar-refractivity contribution < 1.29 is 4.84 Å². The predicted octanol–water partition coefficient (Wildman–Crippen LogP) is 3.47. The van der Waals surface area contributed by atoms with Crippen LogP contribution in [0.4, 0.5) is 0 Å². The molecule has 0 aliphatic carbocycles. The van der Waals surface area contributed by atoms with E-state index in [0.29, 0.717) is 5.92 Å². The SMILES string of the molecule is CC1C(C(C)(C)C)=NOC1C(C)(C)C. The van der Waals surface area contributed by atoms with Crippen LogP contribution in [0.5, 0.6) is 0 Å². The van der Waals surface area contributed by atoms with Gasteiger partial charge in [-0.15, -0.1) is 0 Å². The normalized spacial score (nSPS) is 28.6. The molecule has 2 atom stereocenters. The number of hydrogen-bond donors (Lipinski definition) is 0. The van der Waals surface area contributed by atoms with Gasteiger partial charge >= 0.3 is 0 Å². The Morgan fingerprint density at radius 3 is 1.79 bits per heavy atom. The van der Waals surface area contributed by atoms with Crippen LogP contribution in [0.3, 0.4) is 0 Å². The molecule has 2 unspecified atom stereocenters. The van der Waals surface area contributed by atoms with Crippen molar-refractivity contribution in [1.29, 1.82) is 0 Å². The number of rotatable bonds is 0. The van der Waals surface area contributed by atoms with E-state index in [1.165, 1.54) is 5.71 Å². The quantitative estimate of drug-likeness (QED) is 0.582. The zero-order chi connectivity index (χ0) is 11.1. The molecule has 14 heavy (non-hydrogen) atoms. The molecule has 0 aromatic carbocycles. The zero-order valence-electron chi connectivity index (χ0n) is 10.5. The summed E-state index contributed by atoms with van der Waals surface area (Å²) in [6.07, 6.45) is 0.219. The minimum absolute atomic E-state index is 0.124. The van der Waals surface area contributed by atoms with E-state index >= 15 is 0 Å². The molecular formula is C12H23NO. The molecule has 82 valence electrons. The molecule has 0 fully saturated rings. The summed E-state index contributed by atoms with van der Waals surface area (Å²) in [6, 6.07) is 0. The molecule has 0 N–H and O–H groups in total. The van der Waals surface area contributed by atoms with E-state index in [-0.39, 0.29) is 16.9 Å². The molecule has 2 nitrogen and oxygen atoms in total. The third-order valence-electron chi connectivity index (χ3n) is 2.77. The molecule has 0 amide bonds. The summed E-state index contributed by atoms with van der Waals surface area (Å²) < 4.78 is 0. The molecule has 1 rings (SSSR count). The lowest BCUT2D eigenvalue weighted by Gasteiger charge is -2.30. The average molecular weight is 197 g/mol. The van der Waals surface area contributed by atoms with Crippen LogP contribution < -0.4 is 0 Å². The van der Waals surface area contributed by atoms with E-state index in [0.717, 1.165) is 0 Å². The summed E-state index contributed by atoms with van der Waals surface area (Å²) in [5.41, 5.74) is 1.48. The Labute approximate surface area is 87.7 Å². The monoisotopic (exact) mass is 197 g/mol. The Bertz CT molecular complexity index is 242. The Balaban J connectivity index is 2.82. The van der Waals surface area contributed by atoms with Gasteiger partial charge in [-0.1, -0.05) is 53.6 Å². The largest absolute Gasteiger partial charge is 0.391 e. The molecule has 1 heterocycles. The van der Waals surface area contributed by atoms with E-state index in [2.05, 4.69) is 53.6 Å². The van der Waals surface area contributed by atoms with Crippen LogP contribution in [0.1, 0.15) is 48.5 Å². The maximum atomic E-state index is 5.56. The highest BCUT2D eigenvalue weighted by molar-refractivity contribution is 5.92. The molecular weight excluding hydrogens is 174 g/mol. The van der Waals surface area contributed by atoms with Gasteiger partial charge in [-0.25, -0.2) is 0 Å². The zero-order valence-corrected chi connectivity index (χ0v) is 10.5. The standard InChI is InChI=1S/C12H23NO/c1-8-9(11(2,3)4)13-14-10(8)12(5,6)7/h8,10H,1-7H3. The van der Waals surface area contributed by atoms with Crippen LogP contribution in [0.15, 0.2) is 5.16 Å². The first-order valence-electron chi connectivity index (χ1n) is 5.38. The smallest absolute Gasteiger partial charge is 0.140 e. The number of hydrogen-bond acceptors (Lipinski definition) is 2. The van der Waals surface area contributed by atoms with Gasteiger partial charge in [0, 0.05) is 16.7 Å². The van der Waals surface area contributed by atoms with Crippen molar-refractivity contribution in [2.75, 3.05) is 0 Å². The van der Waals surface area contributed by atoms with Crippen molar-refractivity contribution in [1.82, 2.24) is 0 Å². The maximum Gasteiger partial charge on any atom is 0.140 e. The van der Waals surface area contributed by atoms with Gasteiger partial charge in [-0.2, -0.15) is 0 Å². The lowest BCUT2D eigenvalue weighted by molar-refractivity contribution is -0.0112. The van der Waals surface area contributed by atoms with Crippen LogP contribution >= 0.6 is 0 Å². The van der Waals surface area contributed by atoms with Crippen LogP contribution in [-0.4, -0.2) is 11.8 Å². The highest BCUT2D eigenvalue weighted by atomic mass is 16.6. The summed E-state index contributed by atoms with van der Waals surface area (Å²) in [5, 5.41) is 4.25. The highest BCUT2D eigenvalue weighted by Gasteiger charge is 2.42. The molecule has 0 radical (unpaired) electrons. The third kappa shape index (κ3) is 2.10. The second kappa shape index (κ2) is 3.25. The maximum absolute atomic E-state index is 5.56. The Morgan fingerprint density at radius 2 is 1.57 bits per heavy atom. The predicted molar refractivity (Wildman–Crippen MR) is 60.4 cm³/mol. The van der Waals surface area contributed by atoms with E-state index < -0.39 is 0 Å². The van der Waals surface area contributed by atoms with Gasteiger partial charge in [0.05, 0.1) is 5.71 Å². The minimum atomic E-state index is 0.124. The molecule has 0 spiro atoms. The molecule has 0 saturated heterocycles. The van der Waals surface area contributed by atoms with Crippen molar-refractivity contribution in [3.63, 3.8) is 0 Å². The Morgan fingerprint density at radius 1 is 1.07 bits per heavy atom. The first-order valence-corrected chi connectivity index (χ1v) is 5.38. The van der Waals surface area contributed by atoms with Gasteiger partial charge in [0.2, 0.25) is 0 Å². The molecule has 0 bridgehead atoms. The summed E-state index contributed by atoms with van der Waals surface area (Å²) in [5.74, 6) is 0.426. The van der Waals surface area contributed by atoms with Crippen LogP contribution in [-0.2, 0) is 4.84 Å². The van der Waals surface area contributed by atoms with Gasteiger partial charge in [0.1, 0.15) is 6.10 Å². The molecule has 0 aromatic rings. The highest BCUT2D eigenvalue weighted by Crippen LogP contribution is 2.37. The average Bonchev–Trinajstić information content (AvgIpc) is 2.26. The van der Waals surface area contributed by atoms with E-state index in [9.17, 15) is 0 Å². The first-order chi connectivity index (χ1) is 6.14. The molecule has 0 aromatic heterocycles. The van der Waals surface area contributed by atoms with Gasteiger partial charge in [-0.3, -0.25) is 0 Å². The summed E-state index contributed by atoms with van der Waals surface area (Å²) in [6.45, 7) is 15.4. The fourth-order valence-electron chi connectivity index (χ4n) is 2.16. The second-order valence-corrected chi connectivity index (χ2v) is 6.41.